The second kappa shape index (κ2) is 5.69. The minimum absolute atomic E-state index is 0.00759. The number of carbonyl (C=O) groups excluding carboxylic acids is 2. The molecule has 0 aliphatic heterocycles. The third-order valence-electron chi connectivity index (χ3n) is 2.38. The molecule has 3 nitrogen and oxygen atoms in total. The maximum Gasteiger partial charge on any atom is 0.246 e. The number of ketones is 1. The summed E-state index contributed by atoms with van der Waals surface area (Å²) >= 11 is 0. The molecule has 0 saturated carbocycles. The Hall–Kier alpha value is -1.12. The Labute approximate surface area is 92.1 Å². The van der Waals surface area contributed by atoms with E-state index in [-0.39, 0.29) is 29.7 Å². The minimum atomic E-state index is -0.379. The zero-order valence-corrected chi connectivity index (χ0v) is 10.3. The van der Waals surface area contributed by atoms with Crippen LogP contribution < -0.4 is 0 Å². The second-order valence-electron chi connectivity index (χ2n) is 4.28. The molecule has 0 radical (unpaired) electrons. The van der Waals surface area contributed by atoms with Gasteiger partial charge in [0.05, 0.1) is 6.04 Å². The molecule has 3 heteroatoms. The molecule has 15 heavy (non-hydrogen) atoms. The van der Waals surface area contributed by atoms with Gasteiger partial charge in [0.15, 0.2) is 5.78 Å². The highest BCUT2D eigenvalue weighted by molar-refractivity contribution is 5.94. The molecule has 0 aromatic rings. The maximum absolute atomic E-state index is 11.8. The molecule has 1 unspecified atom stereocenters. The summed E-state index contributed by atoms with van der Waals surface area (Å²) in [7, 11) is 0. The molecular formula is C12H21NO2. The monoisotopic (exact) mass is 211 g/mol. The largest absolute Gasteiger partial charge is 0.327 e. The predicted molar refractivity (Wildman–Crippen MR) is 61.5 cm³/mol. The molecule has 0 spiro atoms. The van der Waals surface area contributed by atoms with E-state index in [1.54, 1.807) is 11.8 Å². The van der Waals surface area contributed by atoms with Gasteiger partial charge in [0, 0.05) is 12.0 Å². The summed E-state index contributed by atoms with van der Waals surface area (Å²) < 4.78 is 0. The Kier molecular flexibility index (Phi) is 5.26. The van der Waals surface area contributed by atoms with E-state index in [1.807, 2.05) is 27.7 Å². The molecule has 0 heterocycles. The van der Waals surface area contributed by atoms with Gasteiger partial charge in [-0.15, -0.1) is 0 Å². The molecular weight excluding hydrogens is 190 g/mol. The van der Waals surface area contributed by atoms with Crippen molar-refractivity contribution >= 4 is 11.7 Å². The Morgan fingerprint density at radius 2 is 1.60 bits per heavy atom. The maximum atomic E-state index is 11.8. The molecule has 0 aromatic heterocycles. The van der Waals surface area contributed by atoms with Gasteiger partial charge in [-0.2, -0.15) is 0 Å². The topological polar surface area (TPSA) is 37.4 Å². The minimum Gasteiger partial charge on any atom is -0.327 e. The summed E-state index contributed by atoms with van der Waals surface area (Å²) in [4.78, 5) is 24.9. The van der Waals surface area contributed by atoms with E-state index in [9.17, 15) is 9.59 Å². The van der Waals surface area contributed by atoms with E-state index in [2.05, 4.69) is 6.58 Å². The summed E-state index contributed by atoms with van der Waals surface area (Å²) in [6, 6.07) is -0.372. The lowest BCUT2D eigenvalue weighted by atomic mass is 10.0. The molecule has 0 aliphatic carbocycles. The lowest BCUT2D eigenvalue weighted by Gasteiger charge is -2.31. The zero-order valence-electron chi connectivity index (χ0n) is 10.3. The van der Waals surface area contributed by atoms with Crippen LogP contribution in [0.1, 0.15) is 34.6 Å². The molecule has 0 N–H and O–H groups in total. The van der Waals surface area contributed by atoms with Gasteiger partial charge in [0.25, 0.3) is 0 Å². The number of Topliss-reactive ketones (excluding diaryl/α,β-unsaturated/α-hetero) is 1. The number of nitrogens with zero attached hydrogens (tertiary/aromatic N) is 1. The highest BCUT2D eigenvalue weighted by Gasteiger charge is 2.27. The van der Waals surface area contributed by atoms with Crippen LogP contribution >= 0.6 is 0 Å². The molecule has 0 aromatic carbocycles. The summed E-state index contributed by atoms with van der Waals surface area (Å²) in [5.74, 6) is -0.163. The number of hydrogen-bond donors (Lipinski definition) is 0. The van der Waals surface area contributed by atoms with Crippen molar-refractivity contribution in [1.82, 2.24) is 4.90 Å². The normalized spacial score (nSPS) is 12.7. The van der Waals surface area contributed by atoms with Crippen molar-refractivity contribution in [2.24, 2.45) is 5.92 Å². The van der Waals surface area contributed by atoms with Gasteiger partial charge < -0.3 is 4.90 Å². The fourth-order valence-corrected chi connectivity index (χ4v) is 1.62. The smallest absolute Gasteiger partial charge is 0.246 e. The lowest BCUT2D eigenvalue weighted by molar-refractivity contribution is -0.138. The molecule has 0 fully saturated rings. The van der Waals surface area contributed by atoms with E-state index in [1.165, 1.54) is 6.08 Å². The van der Waals surface area contributed by atoms with Crippen molar-refractivity contribution in [2.45, 2.75) is 46.7 Å². The first-order chi connectivity index (χ1) is 6.82. The standard InChI is InChI=1S/C12H21NO2/c1-7-11(14)13(9(4)5)10(6)12(15)8(2)3/h7-10H,1H2,2-6H3. The highest BCUT2D eigenvalue weighted by Crippen LogP contribution is 2.11. The van der Waals surface area contributed by atoms with Crippen LogP contribution in [-0.4, -0.2) is 28.7 Å². The summed E-state index contributed by atoms with van der Waals surface area (Å²) in [5, 5.41) is 0. The summed E-state index contributed by atoms with van der Waals surface area (Å²) in [6.45, 7) is 12.7. The average molecular weight is 211 g/mol. The van der Waals surface area contributed by atoms with Crippen LogP contribution in [0.4, 0.5) is 0 Å². The first-order valence-electron chi connectivity index (χ1n) is 5.31. The second-order valence-corrected chi connectivity index (χ2v) is 4.28. The van der Waals surface area contributed by atoms with E-state index < -0.39 is 0 Å². The van der Waals surface area contributed by atoms with E-state index in [4.69, 9.17) is 0 Å². The Balaban J connectivity index is 4.85. The van der Waals surface area contributed by atoms with Crippen molar-refractivity contribution < 1.29 is 9.59 Å². The van der Waals surface area contributed by atoms with Crippen molar-refractivity contribution in [2.75, 3.05) is 0 Å². The Morgan fingerprint density at radius 3 is 1.87 bits per heavy atom. The van der Waals surface area contributed by atoms with Crippen LogP contribution in [0, 0.1) is 5.92 Å². The Bertz CT molecular complexity index is 256. The fraction of sp³-hybridized carbons (Fsp3) is 0.667. The third kappa shape index (κ3) is 3.50. The molecule has 0 rings (SSSR count). The van der Waals surface area contributed by atoms with Crippen LogP contribution in [-0.2, 0) is 9.59 Å². The molecule has 1 atom stereocenters. The van der Waals surface area contributed by atoms with Crippen LogP contribution in [0.15, 0.2) is 12.7 Å². The SMILES string of the molecule is C=CC(=O)N(C(C)C)C(C)C(=O)C(C)C. The fourth-order valence-electron chi connectivity index (χ4n) is 1.62. The van der Waals surface area contributed by atoms with E-state index in [0.717, 1.165) is 0 Å². The van der Waals surface area contributed by atoms with Crippen LogP contribution in [0.3, 0.4) is 0 Å². The number of amides is 1. The Morgan fingerprint density at radius 1 is 1.13 bits per heavy atom. The van der Waals surface area contributed by atoms with Crippen molar-refractivity contribution in [3.8, 4) is 0 Å². The predicted octanol–water partition coefficient (Wildman–Crippen LogP) is 2.02. The van der Waals surface area contributed by atoms with E-state index in [0.29, 0.717) is 0 Å². The number of rotatable bonds is 5. The quantitative estimate of drug-likeness (QED) is 0.652. The van der Waals surface area contributed by atoms with Gasteiger partial charge in [-0.1, -0.05) is 20.4 Å². The van der Waals surface area contributed by atoms with Gasteiger partial charge in [0.1, 0.15) is 0 Å². The lowest BCUT2D eigenvalue weighted by Crippen LogP contribution is -2.47. The molecule has 1 amide bonds. The first kappa shape index (κ1) is 13.9. The molecule has 0 bridgehead atoms. The van der Waals surface area contributed by atoms with Gasteiger partial charge in [-0.05, 0) is 26.8 Å². The van der Waals surface area contributed by atoms with E-state index >= 15 is 0 Å². The molecule has 86 valence electrons. The zero-order chi connectivity index (χ0) is 12.2. The third-order valence-corrected chi connectivity index (χ3v) is 2.38. The first-order valence-corrected chi connectivity index (χ1v) is 5.31. The summed E-state index contributed by atoms with van der Waals surface area (Å²) in [6.07, 6.45) is 1.25. The van der Waals surface area contributed by atoms with Crippen LogP contribution in [0.25, 0.3) is 0 Å². The number of hydrogen-bond acceptors (Lipinski definition) is 2. The molecule has 0 saturated heterocycles. The molecule has 0 aliphatic rings. The average Bonchev–Trinajstić information content (AvgIpc) is 2.15. The van der Waals surface area contributed by atoms with Crippen LogP contribution in [0.5, 0.6) is 0 Å². The highest BCUT2D eigenvalue weighted by atomic mass is 16.2. The van der Waals surface area contributed by atoms with Gasteiger partial charge in [-0.25, -0.2) is 0 Å². The van der Waals surface area contributed by atoms with Crippen molar-refractivity contribution in [3.63, 3.8) is 0 Å². The number of carbonyl (C=O) groups is 2. The summed E-state index contributed by atoms with van der Waals surface area (Å²) in [5.41, 5.74) is 0. The van der Waals surface area contributed by atoms with Gasteiger partial charge in [0.2, 0.25) is 5.91 Å². The van der Waals surface area contributed by atoms with Gasteiger partial charge in [-0.3, -0.25) is 9.59 Å². The van der Waals surface area contributed by atoms with Crippen LogP contribution in [0.2, 0.25) is 0 Å². The van der Waals surface area contributed by atoms with Crippen molar-refractivity contribution in [3.05, 3.63) is 12.7 Å². The van der Waals surface area contributed by atoms with Crippen molar-refractivity contribution in [1.29, 1.82) is 0 Å². The van der Waals surface area contributed by atoms with Gasteiger partial charge >= 0.3 is 0 Å².